The van der Waals surface area contributed by atoms with Crippen LogP contribution >= 0.6 is 23.2 Å². The zero-order valence-corrected chi connectivity index (χ0v) is 15.2. The van der Waals surface area contributed by atoms with Gasteiger partial charge in [0.25, 0.3) is 5.91 Å². The van der Waals surface area contributed by atoms with Crippen molar-refractivity contribution in [1.82, 2.24) is 15.8 Å². The third-order valence-electron chi connectivity index (χ3n) is 4.03. The van der Waals surface area contributed by atoms with Gasteiger partial charge in [0.2, 0.25) is 0 Å². The highest BCUT2D eigenvalue weighted by atomic mass is 35.5. The summed E-state index contributed by atoms with van der Waals surface area (Å²) in [6, 6.07) is 7.19. The Kier molecular flexibility index (Phi) is 5.83. The number of halogens is 2. The van der Waals surface area contributed by atoms with E-state index in [9.17, 15) is 4.79 Å². The minimum atomic E-state index is -0.245. The molecule has 134 valence electrons. The summed E-state index contributed by atoms with van der Waals surface area (Å²) in [6.45, 7) is 3.07. The van der Waals surface area contributed by atoms with Crippen molar-refractivity contribution in [2.45, 2.75) is 38.5 Å². The average molecular weight is 384 g/mol. The Morgan fingerprint density at radius 1 is 1.44 bits per heavy atom. The SMILES string of the molecule is CC1CC(NC(=O)c2cc(COc3c(Cl)cccc3Cl)on2)CCN1. The van der Waals surface area contributed by atoms with E-state index in [0.29, 0.717) is 27.6 Å². The number of nitrogens with one attached hydrogen (secondary N) is 2. The summed E-state index contributed by atoms with van der Waals surface area (Å²) in [7, 11) is 0. The number of hydrogen-bond acceptors (Lipinski definition) is 5. The first-order valence-electron chi connectivity index (χ1n) is 8.09. The summed E-state index contributed by atoms with van der Waals surface area (Å²) >= 11 is 12.1. The highest BCUT2D eigenvalue weighted by Crippen LogP contribution is 2.32. The summed E-state index contributed by atoms with van der Waals surface area (Å²) in [5.41, 5.74) is 0.232. The van der Waals surface area contributed by atoms with E-state index in [0.717, 1.165) is 19.4 Å². The van der Waals surface area contributed by atoms with E-state index in [4.69, 9.17) is 32.5 Å². The number of piperidine rings is 1. The summed E-state index contributed by atoms with van der Waals surface area (Å²) < 4.78 is 10.7. The standard InChI is InChI=1S/C17H19Cl2N3O3/c1-10-7-11(5-6-20-10)21-17(23)15-8-12(25-22-15)9-24-16-13(18)3-2-4-14(16)19/h2-4,8,10-11,20H,5-7,9H2,1H3,(H,21,23). The molecule has 3 rings (SSSR count). The van der Waals surface area contributed by atoms with Gasteiger partial charge >= 0.3 is 0 Å². The molecule has 1 saturated heterocycles. The molecule has 6 nitrogen and oxygen atoms in total. The lowest BCUT2D eigenvalue weighted by atomic mass is 10.0. The number of benzene rings is 1. The number of ether oxygens (including phenoxy) is 1. The fourth-order valence-electron chi connectivity index (χ4n) is 2.77. The molecule has 0 radical (unpaired) electrons. The molecular formula is C17H19Cl2N3O3. The van der Waals surface area contributed by atoms with Crippen LogP contribution in [0.1, 0.15) is 36.0 Å². The monoisotopic (exact) mass is 383 g/mol. The molecule has 2 unspecified atom stereocenters. The third-order valence-corrected chi connectivity index (χ3v) is 4.62. The molecule has 0 saturated carbocycles. The van der Waals surface area contributed by atoms with Gasteiger partial charge in [-0.05, 0) is 38.4 Å². The fraction of sp³-hybridized carbons (Fsp3) is 0.412. The van der Waals surface area contributed by atoms with E-state index < -0.39 is 0 Å². The maximum Gasteiger partial charge on any atom is 0.273 e. The predicted octanol–water partition coefficient (Wildman–Crippen LogP) is 3.43. The van der Waals surface area contributed by atoms with Gasteiger partial charge in [-0.3, -0.25) is 4.79 Å². The summed E-state index contributed by atoms with van der Waals surface area (Å²) in [4.78, 5) is 12.3. The zero-order valence-electron chi connectivity index (χ0n) is 13.7. The second kappa shape index (κ2) is 8.08. The van der Waals surface area contributed by atoms with Gasteiger partial charge in [-0.2, -0.15) is 0 Å². The first-order chi connectivity index (χ1) is 12.0. The number of hydrogen-bond donors (Lipinski definition) is 2. The summed E-state index contributed by atoms with van der Waals surface area (Å²) in [5.74, 6) is 0.543. The van der Waals surface area contributed by atoms with Crippen LogP contribution in [-0.2, 0) is 6.61 Å². The molecule has 1 aliphatic rings. The van der Waals surface area contributed by atoms with Crippen LogP contribution in [0.4, 0.5) is 0 Å². The minimum Gasteiger partial charge on any atom is -0.482 e. The number of nitrogens with zero attached hydrogens (tertiary/aromatic N) is 1. The van der Waals surface area contributed by atoms with E-state index in [1.807, 2.05) is 0 Å². The molecule has 0 spiro atoms. The van der Waals surface area contributed by atoms with E-state index in [1.54, 1.807) is 24.3 Å². The van der Waals surface area contributed by atoms with E-state index >= 15 is 0 Å². The van der Waals surface area contributed by atoms with Gasteiger partial charge in [0, 0.05) is 18.2 Å². The molecule has 0 bridgehead atoms. The molecule has 2 heterocycles. The lowest BCUT2D eigenvalue weighted by molar-refractivity contribution is 0.0916. The minimum absolute atomic E-state index is 0.0775. The van der Waals surface area contributed by atoms with Crippen LogP contribution in [0.3, 0.4) is 0 Å². The Balaban J connectivity index is 1.57. The highest BCUT2D eigenvalue weighted by molar-refractivity contribution is 6.37. The van der Waals surface area contributed by atoms with Crippen molar-refractivity contribution < 1.29 is 14.1 Å². The first-order valence-corrected chi connectivity index (χ1v) is 8.85. The maximum atomic E-state index is 12.3. The van der Waals surface area contributed by atoms with Crippen LogP contribution in [0, 0.1) is 0 Å². The van der Waals surface area contributed by atoms with E-state index in [-0.39, 0.29) is 24.2 Å². The van der Waals surface area contributed by atoms with Crippen molar-refractivity contribution >= 4 is 29.1 Å². The van der Waals surface area contributed by atoms with E-state index in [2.05, 4.69) is 22.7 Å². The lowest BCUT2D eigenvalue weighted by Gasteiger charge is -2.28. The molecule has 0 aliphatic carbocycles. The third kappa shape index (κ3) is 4.66. The average Bonchev–Trinajstić information content (AvgIpc) is 3.03. The number of carbonyl (C=O) groups excluding carboxylic acids is 1. The summed E-state index contributed by atoms with van der Waals surface area (Å²) in [6.07, 6.45) is 1.79. The topological polar surface area (TPSA) is 76.4 Å². The van der Waals surface area contributed by atoms with Crippen molar-refractivity contribution in [2.24, 2.45) is 0 Å². The number of aromatic nitrogens is 1. The quantitative estimate of drug-likeness (QED) is 0.826. The normalized spacial score (nSPS) is 20.3. The molecule has 2 aromatic rings. The van der Waals surface area contributed by atoms with Crippen molar-refractivity contribution in [3.05, 3.63) is 45.8 Å². The zero-order chi connectivity index (χ0) is 17.8. The smallest absolute Gasteiger partial charge is 0.273 e. The van der Waals surface area contributed by atoms with Crippen molar-refractivity contribution in [1.29, 1.82) is 0 Å². The van der Waals surface area contributed by atoms with Gasteiger partial charge in [0.05, 0.1) is 10.0 Å². The van der Waals surface area contributed by atoms with Crippen LogP contribution in [0.5, 0.6) is 5.75 Å². The largest absolute Gasteiger partial charge is 0.482 e. The van der Waals surface area contributed by atoms with Gasteiger partial charge < -0.3 is 19.9 Å². The van der Waals surface area contributed by atoms with Crippen molar-refractivity contribution in [2.75, 3.05) is 6.54 Å². The van der Waals surface area contributed by atoms with Crippen LogP contribution in [-0.4, -0.2) is 29.7 Å². The molecule has 8 heteroatoms. The number of amides is 1. The van der Waals surface area contributed by atoms with Gasteiger partial charge in [0.1, 0.15) is 6.61 Å². The van der Waals surface area contributed by atoms with Crippen LogP contribution in [0.15, 0.2) is 28.8 Å². The molecule has 2 atom stereocenters. The number of para-hydroxylation sites is 1. The number of carbonyl (C=O) groups is 1. The summed E-state index contributed by atoms with van der Waals surface area (Å²) in [5, 5.41) is 11.0. The fourth-order valence-corrected chi connectivity index (χ4v) is 3.28. The Morgan fingerprint density at radius 2 is 2.20 bits per heavy atom. The Labute approximate surface area is 155 Å². The number of rotatable bonds is 5. The highest BCUT2D eigenvalue weighted by Gasteiger charge is 2.22. The van der Waals surface area contributed by atoms with Crippen LogP contribution in [0.25, 0.3) is 0 Å². The molecule has 1 aromatic heterocycles. The lowest BCUT2D eigenvalue weighted by Crippen LogP contribution is -2.46. The van der Waals surface area contributed by atoms with Gasteiger partial charge in [-0.25, -0.2) is 0 Å². The second-order valence-corrected chi connectivity index (χ2v) is 6.88. The maximum absolute atomic E-state index is 12.3. The van der Waals surface area contributed by atoms with Gasteiger partial charge in [-0.15, -0.1) is 0 Å². The predicted molar refractivity (Wildman–Crippen MR) is 95.2 cm³/mol. The van der Waals surface area contributed by atoms with Gasteiger partial charge in [0.15, 0.2) is 17.2 Å². The van der Waals surface area contributed by atoms with Crippen LogP contribution in [0.2, 0.25) is 10.0 Å². The van der Waals surface area contributed by atoms with E-state index in [1.165, 1.54) is 0 Å². The first kappa shape index (κ1) is 18.0. The molecule has 1 aromatic carbocycles. The van der Waals surface area contributed by atoms with Crippen molar-refractivity contribution in [3.63, 3.8) is 0 Å². The Morgan fingerprint density at radius 3 is 2.92 bits per heavy atom. The Hall–Kier alpha value is -1.76. The van der Waals surface area contributed by atoms with Crippen LogP contribution < -0.4 is 15.4 Å². The molecule has 2 N–H and O–H groups in total. The Bertz CT molecular complexity index is 730. The van der Waals surface area contributed by atoms with Crippen molar-refractivity contribution in [3.8, 4) is 5.75 Å². The molecule has 1 amide bonds. The molecule has 1 fully saturated rings. The van der Waals surface area contributed by atoms with Gasteiger partial charge in [-0.1, -0.05) is 34.4 Å². The molecule has 1 aliphatic heterocycles. The molecular weight excluding hydrogens is 365 g/mol. The molecule has 25 heavy (non-hydrogen) atoms. The second-order valence-electron chi connectivity index (χ2n) is 6.07.